The van der Waals surface area contributed by atoms with Crippen molar-refractivity contribution in [2.45, 2.75) is 19.1 Å². The van der Waals surface area contributed by atoms with E-state index in [-0.39, 0.29) is 6.10 Å². The summed E-state index contributed by atoms with van der Waals surface area (Å²) in [5, 5.41) is 21.5. The summed E-state index contributed by atoms with van der Waals surface area (Å²) in [6, 6.07) is 7.78. The summed E-state index contributed by atoms with van der Waals surface area (Å²) in [6.45, 7) is 5.34. The van der Waals surface area contributed by atoms with Crippen LogP contribution in [-0.4, -0.2) is 77.8 Å². The maximum Gasteiger partial charge on any atom is 0.300 e. The molecule has 0 spiro atoms. The van der Waals surface area contributed by atoms with Crippen LogP contribution in [0.2, 0.25) is 0 Å². The van der Waals surface area contributed by atoms with Crippen molar-refractivity contribution < 1.29 is 24.5 Å². The minimum atomic E-state index is -0.833. The summed E-state index contributed by atoms with van der Waals surface area (Å²) in [7, 11) is 0. The first-order valence-electron chi connectivity index (χ1n) is 8.89. The predicted molar refractivity (Wildman–Crippen MR) is 99.2 cm³/mol. The number of carboxylic acids is 1. The highest BCUT2D eigenvalue weighted by Gasteiger charge is 2.29. The van der Waals surface area contributed by atoms with Gasteiger partial charge >= 0.3 is 0 Å². The van der Waals surface area contributed by atoms with Gasteiger partial charge in [-0.25, -0.2) is 4.98 Å². The molecule has 2 aliphatic heterocycles. The average molecular weight is 376 g/mol. The van der Waals surface area contributed by atoms with Crippen LogP contribution in [0.4, 0.5) is 5.95 Å². The number of fused-ring (bicyclic) bond motifs is 1. The van der Waals surface area contributed by atoms with Gasteiger partial charge in [0.2, 0.25) is 11.8 Å². The summed E-state index contributed by atoms with van der Waals surface area (Å²) in [6.07, 6.45) is -1.00. The van der Waals surface area contributed by atoms with E-state index in [0.29, 0.717) is 25.0 Å². The van der Waals surface area contributed by atoms with Crippen molar-refractivity contribution in [3.63, 3.8) is 0 Å². The molecule has 1 aromatic carbocycles. The second kappa shape index (κ2) is 8.94. The molecule has 1 aromatic heterocycles. The molecule has 2 fully saturated rings. The summed E-state index contributed by atoms with van der Waals surface area (Å²) >= 11 is 0. The zero-order valence-corrected chi connectivity index (χ0v) is 15.2. The minimum Gasteiger partial charge on any atom is -0.481 e. The number of piperazine rings is 1. The van der Waals surface area contributed by atoms with Gasteiger partial charge in [0, 0.05) is 33.1 Å². The molecule has 146 valence electrons. The maximum absolute atomic E-state index is 9.93. The molecule has 2 unspecified atom stereocenters. The van der Waals surface area contributed by atoms with Gasteiger partial charge in [0.25, 0.3) is 5.97 Å². The fourth-order valence-electron chi connectivity index (χ4n) is 2.91. The SMILES string of the molecule is CC(=O)O.OC1COCC1Oc1nc(N2CCNCC2)nc2ccccc12. The van der Waals surface area contributed by atoms with Crippen molar-refractivity contribution in [2.75, 3.05) is 44.3 Å². The highest BCUT2D eigenvalue weighted by molar-refractivity contribution is 5.84. The first-order valence-corrected chi connectivity index (χ1v) is 8.89. The van der Waals surface area contributed by atoms with E-state index in [1.54, 1.807) is 0 Å². The van der Waals surface area contributed by atoms with Gasteiger partial charge in [-0.2, -0.15) is 4.98 Å². The molecule has 0 bridgehead atoms. The number of hydrogen-bond acceptors (Lipinski definition) is 8. The fraction of sp³-hybridized carbons (Fsp3) is 0.500. The Balaban J connectivity index is 0.000000481. The summed E-state index contributed by atoms with van der Waals surface area (Å²) in [4.78, 5) is 20.4. The molecule has 2 saturated heterocycles. The molecule has 0 radical (unpaired) electrons. The van der Waals surface area contributed by atoms with Crippen molar-refractivity contribution >= 4 is 22.8 Å². The number of hydrogen-bond donors (Lipinski definition) is 3. The number of aliphatic carboxylic acids is 1. The number of aromatic nitrogens is 2. The van der Waals surface area contributed by atoms with Gasteiger partial charge in [0.1, 0.15) is 6.10 Å². The van der Waals surface area contributed by atoms with Gasteiger partial charge in [-0.3, -0.25) is 4.79 Å². The Morgan fingerprint density at radius 1 is 1.26 bits per heavy atom. The van der Waals surface area contributed by atoms with Gasteiger partial charge in [0.05, 0.1) is 24.1 Å². The van der Waals surface area contributed by atoms with Crippen LogP contribution in [0.5, 0.6) is 5.88 Å². The molecular formula is C18H24N4O5. The quantitative estimate of drug-likeness (QED) is 0.694. The summed E-state index contributed by atoms with van der Waals surface area (Å²) < 4.78 is 11.2. The molecule has 9 nitrogen and oxygen atoms in total. The lowest BCUT2D eigenvalue weighted by Crippen LogP contribution is -2.44. The standard InChI is InChI=1S/C16H20N4O3.C2H4O2/c21-13-9-22-10-14(13)23-15-11-3-1-2-4-12(11)18-16(19-15)20-7-5-17-6-8-20;1-2(3)4/h1-4,13-14,17,21H,5-10H2;1H3,(H,3,4). The molecule has 0 aliphatic carbocycles. The van der Waals surface area contributed by atoms with Crippen molar-refractivity contribution in [1.29, 1.82) is 0 Å². The van der Waals surface area contributed by atoms with Crippen LogP contribution in [0.1, 0.15) is 6.92 Å². The molecule has 3 N–H and O–H groups in total. The smallest absolute Gasteiger partial charge is 0.300 e. The highest BCUT2D eigenvalue weighted by atomic mass is 16.6. The third kappa shape index (κ3) is 5.03. The molecule has 3 heterocycles. The van der Waals surface area contributed by atoms with E-state index in [1.165, 1.54) is 0 Å². The Morgan fingerprint density at radius 3 is 2.63 bits per heavy atom. The number of aliphatic hydroxyl groups excluding tert-OH is 1. The molecule has 2 atom stereocenters. The normalized spacial score (nSPS) is 22.2. The number of nitrogens with zero attached hydrogens (tertiary/aromatic N) is 3. The Morgan fingerprint density at radius 2 is 1.96 bits per heavy atom. The zero-order valence-electron chi connectivity index (χ0n) is 15.2. The van der Waals surface area contributed by atoms with Crippen LogP contribution in [-0.2, 0) is 9.53 Å². The number of carbonyl (C=O) groups is 1. The lowest BCUT2D eigenvalue weighted by Gasteiger charge is -2.28. The number of rotatable bonds is 3. The topological polar surface area (TPSA) is 117 Å². The molecule has 0 amide bonds. The molecular weight excluding hydrogens is 352 g/mol. The average Bonchev–Trinajstić information content (AvgIpc) is 3.06. The van der Waals surface area contributed by atoms with Crippen LogP contribution in [0.25, 0.3) is 10.9 Å². The van der Waals surface area contributed by atoms with Gasteiger partial charge in [-0.1, -0.05) is 12.1 Å². The highest BCUT2D eigenvalue weighted by Crippen LogP contribution is 2.27. The molecule has 2 aromatic rings. The lowest BCUT2D eigenvalue weighted by molar-refractivity contribution is -0.134. The van der Waals surface area contributed by atoms with Crippen LogP contribution in [0.3, 0.4) is 0 Å². The minimum absolute atomic E-state index is 0.304. The molecule has 9 heteroatoms. The number of nitrogens with one attached hydrogen (secondary N) is 1. The van der Waals surface area contributed by atoms with E-state index in [0.717, 1.165) is 44.0 Å². The second-order valence-electron chi connectivity index (χ2n) is 6.36. The predicted octanol–water partition coefficient (Wildman–Crippen LogP) is 0.269. The Bertz CT molecular complexity index is 777. The van der Waals surface area contributed by atoms with Crippen LogP contribution >= 0.6 is 0 Å². The first-order chi connectivity index (χ1) is 13.0. The van der Waals surface area contributed by atoms with Crippen LogP contribution in [0, 0.1) is 0 Å². The number of aliphatic hydroxyl groups is 1. The third-order valence-electron chi connectivity index (χ3n) is 4.22. The number of anilines is 1. The summed E-state index contributed by atoms with van der Waals surface area (Å²) in [5.74, 6) is 0.354. The van der Waals surface area contributed by atoms with Gasteiger partial charge in [0.15, 0.2) is 6.10 Å². The largest absolute Gasteiger partial charge is 0.481 e. The third-order valence-corrected chi connectivity index (χ3v) is 4.22. The van der Waals surface area contributed by atoms with E-state index in [9.17, 15) is 5.11 Å². The van der Waals surface area contributed by atoms with E-state index in [4.69, 9.17) is 19.4 Å². The Labute approximate surface area is 156 Å². The number of benzene rings is 1. The maximum atomic E-state index is 9.93. The molecule has 2 aliphatic rings. The molecule has 27 heavy (non-hydrogen) atoms. The monoisotopic (exact) mass is 376 g/mol. The van der Waals surface area contributed by atoms with Crippen LogP contribution in [0.15, 0.2) is 24.3 Å². The van der Waals surface area contributed by atoms with Gasteiger partial charge in [-0.15, -0.1) is 0 Å². The number of carboxylic acid groups (broad SMARTS) is 1. The molecule has 0 saturated carbocycles. The van der Waals surface area contributed by atoms with Crippen molar-refractivity contribution in [3.05, 3.63) is 24.3 Å². The summed E-state index contributed by atoms with van der Waals surface area (Å²) in [5.41, 5.74) is 0.847. The van der Waals surface area contributed by atoms with Gasteiger partial charge < -0.3 is 29.9 Å². The fourth-order valence-corrected chi connectivity index (χ4v) is 2.91. The van der Waals surface area contributed by atoms with Crippen molar-refractivity contribution in [3.8, 4) is 5.88 Å². The number of ether oxygens (including phenoxy) is 2. The molecule has 4 rings (SSSR count). The second-order valence-corrected chi connectivity index (χ2v) is 6.36. The number of para-hydroxylation sites is 1. The zero-order chi connectivity index (χ0) is 19.2. The van der Waals surface area contributed by atoms with Crippen LogP contribution < -0.4 is 15.0 Å². The van der Waals surface area contributed by atoms with Crippen molar-refractivity contribution in [1.82, 2.24) is 15.3 Å². The van der Waals surface area contributed by atoms with E-state index < -0.39 is 12.1 Å². The van der Waals surface area contributed by atoms with Crippen molar-refractivity contribution in [2.24, 2.45) is 0 Å². The lowest BCUT2D eigenvalue weighted by atomic mass is 10.2. The van der Waals surface area contributed by atoms with E-state index >= 15 is 0 Å². The Kier molecular flexibility index (Phi) is 6.38. The Hall–Kier alpha value is -2.49. The first kappa shape index (κ1) is 19.3. The van der Waals surface area contributed by atoms with E-state index in [1.807, 2.05) is 24.3 Å². The van der Waals surface area contributed by atoms with Gasteiger partial charge in [-0.05, 0) is 12.1 Å². The van der Waals surface area contributed by atoms with E-state index in [2.05, 4.69) is 20.2 Å².